The normalized spacial score (nSPS) is 13.0. The fourth-order valence-corrected chi connectivity index (χ4v) is 3.24. The van der Waals surface area contributed by atoms with Gasteiger partial charge in [0.2, 0.25) is 5.91 Å². The van der Waals surface area contributed by atoms with Gasteiger partial charge in [-0.15, -0.1) is 0 Å². The molecule has 0 radical (unpaired) electrons. The van der Waals surface area contributed by atoms with E-state index in [-0.39, 0.29) is 11.8 Å². The second-order valence-corrected chi connectivity index (χ2v) is 6.81. The maximum atomic E-state index is 12.3. The Bertz CT molecular complexity index is 779. The summed E-state index contributed by atoms with van der Waals surface area (Å²) >= 11 is 0. The van der Waals surface area contributed by atoms with Crippen molar-refractivity contribution >= 4 is 17.5 Å². The first-order chi connectivity index (χ1) is 12.0. The molecule has 1 aliphatic carbocycles. The van der Waals surface area contributed by atoms with Crippen LogP contribution in [-0.4, -0.2) is 30.8 Å². The Morgan fingerprint density at radius 2 is 1.64 bits per heavy atom. The molecule has 130 valence electrons. The lowest BCUT2D eigenvalue weighted by molar-refractivity contribution is -0.115. The fourth-order valence-electron chi connectivity index (χ4n) is 3.24. The molecule has 2 amide bonds. The van der Waals surface area contributed by atoms with Crippen molar-refractivity contribution in [3.05, 3.63) is 64.7 Å². The van der Waals surface area contributed by atoms with E-state index in [9.17, 15) is 9.59 Å². The zero-order valence-electron chi connectivity index (χ0n) is 14.8. The van der Waals surface area contributed by atoms with Crippen molar-refractivity contribution < 1.29 is 9.59 Å². The van der Waals surface area contributed by atoms with Crippen LogP contribution in [0.25, 0.3) is 0 Å². The first kappa shape index (κ1) is 17.2. The molecule has 0 heterocycles. The zero-order chi connectivity index (χ0) is 17.8. The van der Waals surface area contributed by atoms with Crippen LogP contribution in [0, 0.1) is 0 Å². The number of rotatable bonds is 4. The Morgan fingerprint density at radius 3 is 2.32 bits per heavy atom. The van der Waals surface area contributed by atoms with Crippen LogP contribution < -0.4 is 5.32 Å². The van der Waals surface area contributed by atoms with Crippen LogP contribution in [0.15, 0.2) is 42.5 Å². The van der Waals surface area contributed by atoms with Gasteiger partial charge in [-0.05, 0) is 66.6 Å². The first-order valence-corrected chi connectivity index (χ1v) is 8.75. The lowest BCUT2D eigenvalue weighted by atomic mass is 9.90. The van der Waals surface area contributed by atoms with Crippen LogP contribution >= 0.6 is 0 Å². The minimum absolute atomic E-state index is 0.0394. The molecule has 0 aliphatic heterocycles. The summed E-state index contributed by atoms with van der Waals surface area (Å²) in [5.74, 6) is -0.0885. The van der Waals surface area contributed by atoms with Gasteiger partial charge >= 0.3 is 0 Å². The van der Waals surface area contributed by atoms with Crippen LogP contribution in [0.5, 0.6) is 0 Å². The number of hydrogen-bond acceptors (Lipinski definition) is 2. The lowest BCUT2D eigenvalue weighted by Crippen LogP contribution is -2.21. The van der Waals surface area contributed by atoms with Crippen molar-refractivity contribution in [3.63, 3.8) is 0 Å². The Balaban J connectivity index is 1.62. The topological polar surface area (TPSA) is 49.4 Å². The number of hydrogen-bond donors (Lipinski definition) is 1. The smallest absolute Gasteiger partial charge is 0.253 e. The van der Waals surface area contributed by atoms with Gasteiger partial charge in [0, 0.05) is 25.3 Å². The van der Waals surface area contributed by atoms with Crippen LogP contribution in [0.2, 0.25) is 0 Å². The first-order valence-electron chi connectivity index (χ1n) is 8.75. The molecule has 0 fully saturated rings. The molecule has 25 heavy (non-hydrogen) atoms. The third-order valence-electron chi connectivity index (χ3n) is 4.60. The van der Waals surface area contributed by atoms with E-state index in [1.807, 2.05) is 0 Å². The molecule has 0 saturated carbocycles. The van der Waals surface area contributed by atoms with E-state index < -0.39 is 0 Å². The second kappa shape index (κ2) is 7.51. The average Bonchev–Trinajstić information content (AvgIpc) is 2.61. The molecule has 0 bridgehead atoms. The SMILES string of the molecule is CN(C)C(=O)c1ccc(NC(=O)Cc2ccc3c(c2)CCCC3)cc1. The van der Waals surface area contributed by atoms with E-state index in [0.29, 0.717) is 17.7 Å². The number of carbonyl (C=O) groups excluding carboxylic acids is 2. The Morgan fingerprint density at radius 1 is 0.960 bits per heavy atom. The molecule has 0 atom stereocenters. The monoisotopic (exact) mass is 336 g/mol. The number of anilines is 1. The fraction of sp³-hybridized carbons (Fsp3) is 0.333. The predicted molar refractivity (Wildman–Crippen MR) is 99.9 cm³/mol. The van der Waals surface area contributed by atoms with Crippen molar-refractivity contribution in [1.82, 2.24) is 4.90 Å². The van der Waals surface area contributed by atoms with Crippen molar-refractivity contribution in [1.29, 1.82) is 0 Å². The molecule has 1 aliphatic rings. The molecule has 0 spiro atoms. The van der Waals surface area contributed by atoms with Gasteiger partial charge in [0.1, 0.15) is 0 Å². The van der Waals surface area contributed by atoms with Crippen molar-refractivity contribution in [2.45, 2.75) is 32.1 Å². The van der Waals surface area contributed by atoms with E-state index in [1.54, 1.807) is 38.4 Å². The summed E-state index contributed by atoms with van der Waals surface area (Å²) in [4.78, 5) is 25.7. The summed E-state index contributed by atoms with van der Waals surface area (Å²) in [5, 5.41) is 2.90. The number of aryl methyl sites for hydroxylation is 2. The summed E-state index contributed by atoms with van der Waals surface area (Å²) in [7, 11) is 3.44. The average molecular weight is 336 g/mol. The summed E-state index contributed by atoms with van der Waals surface area (Å²) in [6.07, 6.45) is 5.14. The number of nitrogens with one attached hydrogen (secondary N) is 1. The second-order valence-electron chi connectivity index (χ2n) is 6.81. The van der Waals surface area contributed by atoms with Gasteiger partial charge in [-0.3, -0.25) is 9.59 Å². The van der Waals surface area contributed by atoms with Gasteiger partial charge in [0.25, 0.3) is 5.91 Å². The zero-order valence-corrected chi connectivity index (χ0v) is 14.8. The minimum atomic E-state index is -0.0491. The third-order valence-corrected chi connectivity index (χ3v) is 4.60. The molecule has 1 N–H and O–H groups in total. The minimum Gasteiger partial charge on any atom is -0.345 e. The maximum Gasteiger partial charge on any atom is 0.253 e. The van der Waals surface area contributed by atoms with E-state index in [0.717, 1.165) is 18.4 Å². The van der Waals surface area contributed by atoms with Crippen LogP contribution in [-0.2, 0) is 24.1 Å². The van der Waals surface area contributed by atoms with Gasteiger partial charge < -0.3 is 10.2 Å². The molecular formula is C21H24N2O2. The van der Waals surface area contributed by atoms with Gasteiger partial charge in [-0.1, -0.05) is 18.2 Å². The molecule has 4 nitrogen and oxygen atoms in total. The molecule has 0 aromatic heterocycles. The largest absolute Gasteiger partial charge is 0.345 e. The highest BCUT2D eigenvalue weighted by Crippen LogP contribution is 2.22. The Hall–Kier alpha value is -2.62. The highest BCUT2D eigenvalue weighted by Gasteiger charge is 2.12. The number of carbonyl (C=O) groups is 2. The molecule has 4 heteroatoms. The van der Waals surface area contributed by atoms with E-state index in [2.05, 4.69) is 23.5 Å². The molecule has 2 aromatic carbocycles. The van der Waals surface area contributed by atoms with E-state index >= 15 is 0 Å². The van der Waals surface area contributed by atoms with Crippen molar-refractivity contribution in [2.24, 2.45) is 0 Å². The van der Waals surface area contributed by atoms with Crippen molar-refractivity contribution in [2.75, 3.05) is 19.4 Å². The van der Waals surface area contributed by atoms with Gasteiger partial charge in [-0.2, -0.15) is 0 Å². The summed E-state index contributed by atoms with van der Waals surface area (Å²) < 4.78 is 0. The molecule has 2 aromatic rings. The van der Waals surface area contributed by atoms with E-state index in [1.165, 1.54) is 28.9 Å². The lowest BCUT2D eigenvalue weighted by Gasteiger charge is -2.16. The van der Waals surface area contributed by atoms with E-state index in [4.69, 9.17) is 0 Å². The number of amides is 2. The third kappa shape index (κ3) is 4.27. The number of benzene rings is 2. The Labute approximate surface area is 148 Å². The number of nitrogens with zero attached hydrogens (tertiary/aromatic N) is 1. The quantitative estimate of drug-likeness (QED) is 0.930. The van der Waals surface area contributed by atoms with Gasteiger partial charge in [0.05, 0.1) is 6.42 Å². The highest BCUT2D eigenvalue weighted by atomic mass is 16.2. The van der Waals surface area contributed by atoms with Crippen molar-refractivity contribution in [3.8, 4) is 0 Å². The standard InChI is InChI=1S/C21H24N2O2/c1-23(2)21(25)17-9-11-19(12-10-17)22-20(24)14-15-7-8-16-5-3-4-6-18(16)13-15/h7-13H,3-6,14H2,1-2H3,(H,22,24). The number of fused-ring (bicyclic) bond motifs is 1. The molecule has 3 rings (SSSR count). The summed E-state index contributed by atoms with van der Waals surface area (Å²) in [5.41, 5.74) is 5.19. The molecule has 0 unspecified atom stereocenters. The Kier molecular flexibility index (Phi) is 5.17. The van der Waals surface area contributed by atoms with Crippen LogP contribution in [0.4, 0.5) is 5.69 Å². The highest BCUT2D eigenvalue weighted by molar-refractivity contribution is 5.96. The van der Waals surface area contributed by atoms with Crippen LogP contribution in [0.1, 0.15) is 39.9 Å². The predicted octanol–water partition coefficient (Wildman–Crippen LogP) is 3.45. The van der Waals surface area contributed by atoms with Gasteiger partial charge in [-0.25, -0.2) is 0 Å². The summed E-state index contributed by atoms with van der Waals surface area (Å²) in [6, 6.07) is 13.4. The summed E-state index contributed by atoms with van der Waals surface area (Å²) in [6.45, 7) is 0. The molecular weight excluding hydrogens is 312 g/mol. The maximum absolute atomic E-state index is 12.3. The van der Waals surface area contributed by atoms with Crippen LogP contribution in [0.3, 0.4) is 0 Å². The van der Waals surface area contributed by atoms with Gasteiger partial charge in [0.15, 0.2) is 0 Å². The molecule has 0 saturated heterocycles.